The summed E-state index contributed by atoms with van der Waals surface area (Å²) in [6, 6.07) is 17.1. The zero-order valence-electron chi connectivity index (χ0n) is 16.5. The molecule has 6 heteroatoms. The van der Waals surface area contributed by atoms with Crippen molar-refractivity contribution in [3.05, 3.63) is 66.0 Å². The first-order chi connectivity index (χ1) is 13.8. The number of hydrogen-bond acceptors (Lipinski definition) is 4. The predicted octanol–water partition coefficient (Wildman–Crippen LogP) is 1.78. The number of aliphatic imine (C=N–C) groups is 1. The first kappa shape index (κ1) is 18.9. The van der Waals surface area contributed by atoms with Crippen LogP contribution in [0.25, 0.3) is 0 Å². The maximum atomic E-state index is 6.09. The smallest absolute Gasteiger partial charge is 0.193 e. The van der Waals surface area contributed by atoms with Gasteiger partial charge >= 0.3 is 0 Å². The van der Waals surface area contributed by atoms with Gasteiger partial charge in [-0.2, -0.15) is 0 Å². The number of rotatable bonds is 5. The molecule has 6 nitrogen and oxygen atoms in total. The Morgan fingerprint density at radius 3 is 2.82 bits per heavy atom. The molecule has 2 saturated heterocycles. The van der Waals surface area contributed by atoms with Gasteiger partial charge in [-0.3, -0.25) is 14.9 Å². The molecule has 1 aromatic heterocycles. The summed E-state index contributed by atoms with van der Waals surface area (Å²) < 4.78 is 6.09. The molecule has 2 aliphatic rings. The Kier molecular flexibility index (Phi) is 6.19. The lowest BCUT2D eigenvalue weighted by atomic mass is 10.1. The number of pyridine rings is 1. The van der Waals surface area contributed by atoms with Gasteiger partial charge < -0.3 is 15.0 Å². The van der Waals surface area contributed by atoms with E-state index < -0.39 is 0 Å². The normalized spacial score (nSPS) is 22.9. The van der Waals surface area contributed by atoms with E-state index in [1.807, 2.05) is 25.4 Å². The van der Waals surface area contributed by atoms with Crippen LogP contribution < -0.4 is 5.32 Å². The third-order valence-electron chi connectivity index (χ3n) is 5.55. The molecule has 2 atom stereocenters. The van der Waals surface area contributed by atoms with Crippen molar-refractivity contribution < 1.29 is 4.74 Å². The minimum Gasteiger partial charge on any atom is -0.373 e. The molecule has 0 saturated carbocycles. The molecular weight excluding hydrogens is 350 g/mol. The standard InChI is InChI=1S/C22H29N5O/c1-23-22(25-12-10-19-9-5-6-11-24-19)27-16-20-21(17-27)28-14-13-26(20)15-18-7-3-2-4-8-18/h2-9,11,20-21H,10,12-17H2,1H3,(H,23,25). The maximum absolute atomic E-state index is 6.09. The first-order valence-electron chi connectivity index (χ1n) is 10.1. The number of fused-ring (bicyclic) bond motifs is 1. The Balaban J connectivity index is 1.34. The molecule has 3 heterocycles. The summed E-state index contributed by atoms with van der Waals surface area (Å²) >= 11 is 0. The van der Waals surface area contributed by atoms with Crippen molar-refractivity contribution in [1.82, 2.24) is 20.1 Å². The van der Waals surface area contributed by atoms with Crippen molar-refractivity contribution >= 4 is 5.96 Å². The van der Waals surface area contributed by atoms with Crippen LogP contribution in [0.3, 0.4) is 0 Å². The van der Waals surface area contributed by atoms with Gasteiger partial charge in [-0.15, -0.1) is 0 Å². The van der Waals surface area contributed by atoms with Gasteiger partial charge in [0.25, 0.3) is 0 Å². The quantitative estimate of drug-likeness (QED) is 0.634. The van der Waals surface area contributed by atoms with Gasteiger partial charge in [0.05, 0.1) is 18.8 Å². The minimum absolute atomic E-state index is 0.242. The molecule has 2 aliphatic heterocycles. The Bertz CT molecular complexity index is 767. The van der Waals surface area contributed by atoms with Crippen molar-refractivity contribution in [2.45, 2.75) is 25.1 Å². The fraction of sp³-hybridized carbons (Fsp3) is 0.455. The third-order valence-corrected chi connectivity index (χ3v) is 5.55. The van der Waals surface area contributed by atoms with E-state index in [9.17, 15) is 0 Å². The van der Waals surface area contributed by atoms with Crippen LogP contribution in [0.4, 0.5) is 0 Å². The second-order valence-electron chi connectivity index (χ2n) is 7.38. The summed E-state index contributed by atoms with van der Waals surface area (Å²) in [5.74, 6) is 0.952. The van der Waals surface area contributed by atoms with Crippen molar-refractivity contribution in [2.24, 2.45) is 4.99 Å². The number of hydrogen-bond donors (Lipinski definition) is 1. The lowest BCUT2D eigenvalue weighted by Crippen LogP contribution is -2.50. The zero-order chi connectivity index (χ0) is 19.2. The van der Waals surface area contributed by atoms with Crippen LogP contribution in [0, 0.1) is 0 Å². The van der Waals surface area contributed by atoms with E-state index in [1.165, 1.54) is 5.56 Å². The summed E-state index contributed by atoms with van der Waals surface area (Å²) in [4.78, 5) is 13.8. The van der Waals surface area contributed by atoms with Crippen LogP contribution in [-0.4, -0.2) is 72.7 Å². The lowest BCUT2D eigenvalue weighted by molar-refractivity contribution is -0.0502. The monoisotopic (exact) mass is 379 g/mol. The summed E-state index contributed by atoms with van der Waals surface area (Å²) in [6.45, 7) is 5.41. The number of likely N-dealkylation sites (tertiary alicyclic amines) is 1. The van der Waals surface area contributed by atoms with Gasteiger partial charge in [-0.05, 0) is 17.7 Å². The van der Waals surface area contributed by atoms with Gasteiger partial charge in [0.15, 0.2) is 5.96 Å². The molecule has 148 valence electrons. The molecule has 0 amide bonds. The highest BCUT2D eigenvalue weighted by Gasteiger charge is 2.41. The molecule has 0 aliphatic carbocycles. The number of guanidine groups is 1. The van der Waals surface area contributed by atoms with E-state index in [4.69, 9.17) is 4.74 Å². The average molecular weight is 380 g/mol. The van der Waals surface area contributed by atoms with Crippen molar-refractivity contribution in [3.8, 4) is 0 Å². The number of benzene rings is 1. The molecule has 0 radical (unpaired) electrons. The topological polar surface area (TPSA) is 53.0 Å². The molecule has 2 aromatic rings. The Hall–Kier alpha value is -2.44. The van der Waals surface area contributed by atoms with Crippen LogP contribution in [0.15, 0.2) is 59.7 Å². The number of morpholine rings is 1. The van der Waals surface area contributed by atoms with Gasteiger partial charge in [-0.1, -0.05) is 36.4 Å². The van der Waals surface area contributed by atoms with Gasteiger partial charge in [0.2, 0.25) is 0 Å². The van der Waals surface area contributed by atoms with E-state index in [1.54, 1.807) is 0 Å². The third kappa shape index (κ3) is 4.51. The van der Waals surface area contributed by atoms with E-state index in [0.717, 1.165) is 57.4 Å². The van der Waals surface area contributed by atoms with E-state index in [0.29, 0.717) is 6.04 Å². The van der Waals surface area contributed by atoms with E-state index >= 15 is 0 Å². The van der Waals surface area contributed by atoms with Crippen LogP contribution in [0.5, 0.6) is 0 Å². The highest BCUT2D eigenvalue weighted by atomic mass is 16.5. The molecule has 2 unspecified atom stereocenters. The Morgan fingerprint density at radius 1 is 1.18 bits per heavy atom. The SMILES string of the molecule is CN=C(NCCc1ccccn1)N1CC2OCCN(Cc3ccccc3)C2C1. The minimum atomic E-state index is 0.242. The number of nitrogens with one attached hydrogen (secondary N) is 1. The Labute approximate surface area is 167 Å². The van der Waals surface area contributed by atoms with Crippen molar-refractivity contribution in [3.63, 3.8) is 0 Å². The van der Waals surface area contributed by atoms with Crippen LogP contribution in [0.2, 0.25) is 0 Å². The van der Waals surface area contributed by atoms with Gasteiger partial charge in [0, 0.05) is 58.1 Å². The van der Waals surface area contributed by atoms with Gasteiger partial charge in [0.1, 0.15) is 0 Å². The van der Waals surface area contributed by atoms with Gasteiger partial charge in [-0.25, -0.2) is 0 Å². The van der Waals surface area contributed by atoms with Crippen molar-refractivity contribution in [2.75, 3.05) is 39.8 Å². The van der Waals surface area contributed by atoms with Crippen LogP contribution >= 0.6 is 0 Å². The largest absolute Gasteiger partial charge is 0.373 e. The van der Waals surface area contributed by atoms with Crippen LogP contribution in [-0.2, 0) is 17.7 Å². The molecule has 0 spiro atoms. The molecule has 4 rings (SSSR count). The molecule has 1 N–H and O–H groups in total. The summed E-state index contributed by atoms with van der Waals surface area (Å²) in [5, 5.41) is 3.50. The fourth-order valence-electron chi connectivity index (χ4n) is 4.13. The summed E-state index contributed by atoms with van der Waals surface area (Å²) in [5.41, 5.74) is 2.46. The molecule has 28 heavy (non-hydrogen) atoms. The number of aromatic nitrogens is 1. The predicted molar refractivity (Wildman–Crippen MR) is 111 cm³/mol. The molecule has 2 fully saturated rings. The summed E-state index contributed by atoms with van der Waals surface area (Å²) in [7, 11) is 1.85. The molecule has 1 aromatic carbocycles. The second-order valence-corrected chi connectivity index (χ2v) is 7.38. The molecular formula is C22H29N5O. The highest BCUT2D eigenvalue weighted by Crippen LogP contribution is 2.24. The Morgan fingerprint density at radius 2 is 2.04 bits per heavy atom. The summed E-state index contributed by atoms with van der Waals surface area (Å²) in [6.07, 6.45) is 2.97. The molecule has 0 bridgehead atoms. The van der Waals surface area contributed by atoms with E-state index in [-0.39, 0.29) is 6.10 Å². The maximum Gasteiger partial charge on any atom is 0.193 e. The first-order valence-corrected chi connectivity index (χ1v) is 10.1. The van der Waals surface area contributed by atoms with Crippen molar-refractivity contribution in [1.29, 1.82) is 0 Å². The highest BCUT2D eigenvalue weighted by molar-refractivity contribution is 5.80. The van der Waals surface area contributed by atoms with Crippen LogP contribution in [0.1, 0.15) is 11.3 Å². The average Bonchev–Trinajstić information content (AvgIpc) is 3.18. The van der Waals surface area contributed by atoms with E-state index in [2.05, 4.69) is 61.5 Å². The number of ether oxygens (including phenoxy) is 1. The second kappa shape index (κ2) is 9.17. The zero-order valence-corrected chi connectivity index (χ0v) is 16.5. The fourth-order valence-corrected chi connectivity index (χ4v) is 4.13. The lowest BCUT2D eigenvalue weighted by Gasteiger charge is -2.36. The number of nitrogens with zero attached hydrogens (tertiary/aromatic N) is 4.